The number of rotatable bonds is 2. The van der Waals surface area contributed by atoms with Crippen LogP contribution in [-0.2, 0) is 6.54 Å². The fraction of sp³-hybridized carbons (Fsp3) is 0.462. The molecule has 2 N–H and O–H groups in total. The third-order valence-corrected chi connectivity index (χ3v) is 3.23. The Morgan fingerprint density at radius 3 is 2.47 bits per heavy atom. The SMILES string of the molecule is O=C(NCc1c(F)cccc1F)N1CCC(O)CC1. The van der Waals surface area contributed by atoms with E-state index in [-0.39, 0.29) is 24.2 Å². The summed E-state index contributed by atoms with van der Waals surface area (Å²) in [5.74, 6) is -1.34. The molecule has 1 fully saturated rings. The molecule has 1 aromatic carbocycles. The second kappa shape index (κ2) is 5.97. The van der Waals surface area contributed by atoms with Gasteiger partial charge < -0.3 is 15.3 Å². The van der Waals surface area contributed by atoms with Crippen LogP contribution in [0.3, 0.4) is 0 Å². The smallest absolute Gasteiger partial charge is 0.317 e. The van der Waals surface area contributed by atoms with Crippen LogP contribution in [-0.4, -0.2) is 35.2 Å². The number of urea groups is 1. The molecule has 0 saturated carbocycles. The van der Waals surface area contributed by atoms with Gasteiger partial charge in [0.25, 0.3) is 0 Å². The highest BCUT2D eigenvalue weighted by molar-refractivity contribution is 5.74. The van der Waals surface area contributed by atoms with Crippen LogP contribution in [0.2, 0.25) is 0 Å². The van der Waals surface area contributed by atoms with Crippen molar-refractivity contribution in [2.24, 2.45) is 0 Å². The Bertz CT molecular complexity index is 440. The second-order valence-corrected chi connectivity index (χ2v) is 4.58. The number of aliphatic hydroxyl groups is 1. The summed E-state index contributed by atoms with van der Waals surface area (Å²) >= 11 is 0. The Morgan fingerprint density at radius 1 is 1.32 bits per heavy atom. The fourth-order valence-corrected chi connectivity index (χ4v) is 2.05. The number of likely N-dealkylation sites (tertiary alicyclic amines) is 1. The first-order valence-corrected chi connectivity index (χ1v) is 6.21. The maximum absolute atomic E-state index is 13.4. The Hall–Kier alpha value is -1.69. The molecular weight excluding hydrogens is 254 g/mol. The quantitative estimate of drug-likeness (QED) is 0.858. The van der Waals surface area contributed by atoms with Crippen molar-refractivity contribution in [3.05, 3.63) is 35.4 Å². The summed E-state index contributed by atoms with van der Waals surface area (Å²) in [6.45, 7) is 0.718. The number of benzene rings is 1. The summed E-state index contributed by atoms with van der Waals surface area (Å²) < 4.78 is 26.7. The van der Waals surface area contributed by atoms with Crippen molar-refractivity contribution >= 4 is 6.03 Å². The molecule has 2 amide bonds. The lowest BCUT2D eigenvalue weighted by atomic mass is 10.1. The number of nitrogens with one attached hydrogen (secondary N) is 1. The monoisotopic (exact) mass is 270 g/mol. The molecule has 0 unspecified atom stereocenters. The van der Waals surface area contributed by atoms with E-state index in [1.54, 1.807) is 0 Å². The van der Waals surface area contributed by atoms with Crippen molar-refractivity contribution in [2.45, 2.75) is 25.5 Å². The van der Waals surface area contributed by atoms with E-state index < -0.39 is 11.6 Å². The van der Waals surface area contributed by atoms with Crippen molar-refractivity contribution in [3.63, 3.8) is 0 Å². The first kappa shape index (κ1) is 13.7. The van der Waals surface area contributed by atoms with Crippen LogP contribution in [0.25, 0.3) is 0 Å². The molecule has 0 aromatic heterocycles. The number of aliphatic hydroxyl groups excluding tert-OH is 1. The Morgan fingerprint density at radius 2 is 1.89 bits per heavy atom. The number of halogens is 2. The second-order valence-electron chi connectivity index (χ2n) is 4.58. The fourth-order valence-electron chi connectivity index (χ4n) is 2.05. The number of carbonyl (C=O) groups is 1. The molecule has 6 heteroatoms. The van der Waals surface area contributed by atoms with E-state index in [9.17, 15) is 18.7 Å². The molecule has 19 heavy (non-hydrogen) atoms. The van der Waals surface area contributed by atoms with Crippen LogP contribution in [0.15, 0.2) is 18.2 Å². The highest BCUT2D eigenvalue weighted by Crippen LogP contribution is 2.13. The van der Waals surface area contributed by atoms with Gasteiger partial charge in [0.1, 0.15) is 11.6 Å². The summed E-state index contributed by atoms with van der Waals surface area (Å²) in [6, 6.07) is 3.22. The molecule has 104 valence electrons. The molecule has 2 rings (SSSR count). The van der Waals surface area contributed by atoms with Crippen LogP contribution in [0, 0.1) is 11.6 Å². The summed E-state index contributed by atoms with van der Waals surface area (Å²) in [5, 5.41) is 11.8. The molecule has 0 atom stereocenters. The number of hydrogen-bond donors (Lipinski definition) is 2. The van der Waals surface area contributed by atoms with Crippen LogP contribution >= 0.6 is 0 Å². The van der Waals surface area contributed by atoms with E-state index in [0.29, 0.717) is 25.9 Å². The van der Waals surface area contributed by atoms with Gasteiger partial charge in [-0.05, 0) is 25.0 Å². The van der Waals surface area contributed by atoms with Gasteiger partial charge in [0.05, 0.1) is 12.6 Å². The predicted molar refractivity (Wildman–Crippen MR) is 65.4 cm³/mol. The molecule has 1 heterocycles. The topological polar surface area (TPSA) is 52.6 Å². The van der Waals surface area contributed by atoms with Crippen molar-refractivity contribution in [3.8, 4) is 0 Å². The Balaban J connectivity index is 1.90. The zero-order valence-electron chi connectivity index (χ0n) is 10.4. The van der Waals surface area contributed by atoms with Crippen LogP contribution in [0.5, 0.6) is 0 Å². The van der Waals surface area contributed by atoms with E-state index in [0.717, 1.165) is 12.1 Å². The maximum atomic E-state index is 13.4. The van der Waals surface area contributed by atoms with Gasteiger partial charge in [0.2, 0.25) is 0 Å². The summed E-state index contributed by atoms with van der Waals surface area (Å²) in [6.07, 6.45) is 0.691. The molecule has 4 nitrogen and oxygen atoms in total. The molecule has 0 radical (unpaired) electrons. The minimum atomic E-state index is -0.672. The predicted octanol–water partition coefficient (Wildman–Crippen LogP) is 1.63. The lowest BCUT2D eigenvalue weighted by Gasteiger charge is -2.29. The Kier molecular flexibility index (Phi) is 4.31. The van der Waals surface area contributed by atoms with Gasteiger partial charge in [0.15, 0.2) is 0 Å². The molecule has 1 aliphatic rings. The van der Waals surface area contributed by atoms with Crippen LogP contribution < -0.4 is 5.32 Å². The first-order valence-electron chi connectivity index (χ1n) is 6.21. The molecule has 1 saturated heterocycles. The Labute approximate surface area is 110 Å². The van der Waals surface area contributed by atoms with E-state index in [1.807, 2.05) is 0 Å². The standard InChI is InChI=1S/C13H16F2N2O2/c14-11-2-1-3-12(15)10(11)8-16-13(19)17-6-4-9(18)5-7-17/h1-3,9,18H,4-8H2,(H,16,19). The summed E-state index contributed by atoms with van der Waals surface area (Å²) in [7, 11) is 0. The lowest BCUT2D eigenvalue weighted by Crippen LogP contribution is -2.45. The average molecular weight is 270 g/mol. The van der Waals surface area contributed by atoms with Crippen LogP contribution in [0.1, 0.15) is 18.4 Å². The third kappa shape index (κ3) is 3.41. The van der Waals surface area contributed by atoms with Crippen molar-refractivity contribution in [1.82, 2.24) is 10.2 Å². The lowest BCUT2D eigenvalue weighted by molar-refractivity contribution is 0.0935. The highest BCUT2D eigenvalue weighted by atomic mass is 19.1. The maximum Gasteiger partial charge on any atom is 0.317 e. The van der Waals surface area contributed by atoms with E-state index >= 15 is 0 Å². The molecule has 0 aliphatic carbocycles. The largest absolute Gasteiger partial charge is 0.393 e. The zero-order valence-corrected chi connectivity index (χ0v) is 10.4. The summed E-state index contributed by atoms with van der Waals surface area (Å²) in [5.41, 5.74) is -0.145. The number of nitrogens with zero attached hydrogens (tertiary/aromatic N) is 1. The third-order valence-electron chi connectivity index (χ3n) is 3.23. The van der Waals surface area contributed by atoms with Gasteiger partial charge in [-0.3, -0.25) is 0 Å². The average Bonchev–Trinajstić information content (AvgIpc) is 2.38. The van der Waals surface area contributed by atoms with Gasteiger partial charge in [-0.1, -0.05) is 6.07 Å². The number of piperidine rings is 1. The normalized spacial score (nSPS) is 16.5. The van der Waals surface area contributed by atoms with Crippen molar-refractivity contribution in [2.75, 3.05) is 13.1 Å². The minimum absolute atomic E-state index is 0.145. The molecule has 0 bridgehead atoms. The zero-order chi connectivity index (χ0) is 13.8. The van der Waals surface area contributed by atoms with Gasteiger partial charge >= 0.3 is 6.03 Å². The molecular formula is C13H16F2N2O2. The van der Waals surface area contributed by atoms with Gasteiger partial charge in [-0.2, -0.15) is 0 Å². The molecule has 1 aliphatic heterocycles. The van der Waals surface area contributed by atoms with Crippen molar-refractivity contribution in [1.29, 1.82) is 0 Å². The first-order chi connectivity index (χ1) is 9.08. The summed E-state index contributed by atoms with van der Waals surface area (Å²) in [4.78, 5) is 13.3. The van der Waals surface area contributed by atoms with E-state index in [2.05, 4.69) is 5.32 Å². The van der Waals surface area contributed by atoms with Crippen molar-refractivity contribution < 1.29 is 18.7 Å². The number of amides is 2. The molecule has 0 spiro atoms. The van der Waals surface area contributed by atoms with Gasteiger partial charge in [0, 0.05) is 18.7 Å². The van der Waals surface area contributed by atoms with Crippen LogP contribution in [0.4, 0.5) is 13.6 Å². The molecule has 1 aromatic rings. The number of hydrogen-bond acceptors (Lipinski definition) is 2. The van der Waals surface area contributed by atoms with Gasteiger partial charge in [-0.25, -0.2) is 13.6 Å². The highest BCUT2D eigenvalue weighted by Gasteiger charge is 2.21. The van der Waals surface area contributed by atoms with E-state index in [1.165, 1.54) is 11.0 Å². The van der Waals surface area contributed by atoms with E-state index in [4.69, 9.17) is 0 Å². The number of carbonyl (C=O) groups excluding carboxylic acids is 1. The minimum Gasteiger partial charge on any atom is -0.393 e. The van der Waals surface area contributed by atoms with Gasteiger partial charge in [-0.15, -0.1) is 0 Å².